The first-order valence-corrected chi connectivity index (χ1v) is 12.2. The molecular formula is C21H31N5S2. The van der Waals surface area contributed by atoms with Crippen molar-refractivity contribution in [3.8, 4) is 0 Å². The van der Waals surface area contributed by atoms with Crippen LogP contribution >= 0.6 is 23.1 Å². The van der Waals surface area contributed by atoms with Gasteiger partial charge in [-0.1, -0.05) is 32.0 Å². The van der Waals surface area contributed by atoms with E-state index in [9.17, 15) is 0 Å². The second-order valence-electron chi connectivity index (χ2n) is 8.06. The first kappa shape index (κ1) is 20.0. The van der Waals surface area contributed by atoms with Crippen molar-refractivity contribution >= 4 is 44.3 Å². The second-order valence-corrected chi connectivity index (χ2v) is 10.7. The Morgan fingerprint density at radius 2 is 1.86 bits per heavy atom. The molecule has 0 saturated carbocycles. The van der Waals surface area contributed by atoms with Gasteiger partial charge in [0.1, 0.15) is 17.0 Å². The van der Waals surface area contributed by atoms with Gasteiger partial charge in [0.15, 0.2) is 5.17 Å². The Hall–Kier alpha value is -1.34. The first-order valence-electron chi connectivity index (χ1n) is 10.6. The molecule has 7 heteroatoms. The molecule has 0 radical (unpaired) electrons. The third-order valence-electron chi connectivity index (χ3n) is 5.81. The van der Waals surface area contributed by atoms with E-state index in [0.29, 0.717) is 0 Å². The van der Waals surface area contributed by atoms with Crippen LogP contribution in [0.15, 0.2) is 17.4 Å². The summed E-state index contributed by atoms with van der Waals surface area (Å²) in [5.41, 5.74) is 0. The minimum atomic E-state index is 0.280. The van der Waals surface area contributed by atoms with Crippen molar-refractivity contribution in [1.29, 1.82) is 0 Å². The monoisotopic (exact) mass is 417 g/mol. The van der Waals surface area contributed by atoms with Gasteiger partial charge in [-0.2, -0.15) is 0 Å². The van der Waals surface area contributed by atoms with Crippen LogP contribution in [0.3, 0.4) is 0 Å². The molecular weight excluding hydrogens is 386 g/mol. The van der Waals surface area contributed by atoms with Gasteiger partial charge in [0.25, 0.3) is 0 Å². The van der Waals surface area contributed by atoms with Crippen molar-refractivity contribution < 1.29 is 0 Å². The summed E-state index contributed by atoms with van der Waals surface area (Å²) < 4.78 is 0.280. The lowest BCUT2D eigenvalue weighted by molar-refractivity contribution is 0.394. The largest absolute Gasteiger partial charge is 0.354 e. The standard InChI is InChI=1S/C21H31N5S2/c1-4-8-16-13-17-18(23-15-24-19(17)27-16)25-9-6-7-10-26(12-11-25)20-22-14-21(3,5-2)28-20/h13,15H,4-12,14H2,1-3H3. The van der Waals surface area contributed by atoms with E-state index in [1.807, 2.05) is 23.1 Å². The molecule has 0 spiro atoms. The van der Waals surface area contributed by atoms with E-state index in [1.165, 1.54) is 41.1 Å². The molecule has 1 fully saturated rings. The average Bonchev–Trinajstić information content (AvgIpc) is 3.26. The summed E-state index contributed by atoms with van der Waals surface area (Å²) in [4.78, 5) is 21.6. The van der Waals surface area contributed by atoms with Gasteiger partial charge in [0.2, 0.25) is 0 Å². The lowest BCUT2D eigenvalue weighted by Gasteiger charge is -2.33. The molecule has 4 rings (SSSR count). The van der Waals surface area contributed by atoms with E-state index in [-0.39, 0.29) is 4.75 Å². The minimum absolute atomic E-state index is 0.280. The van der Waals surface area contributed by atoms with Gasteiger partial charge in [-0.05, 0) is 38.7 Å². The number of anilines is 1. The van der Waals surface area contributed by atoms with E-state index < -0.39 is 0 Å². The molecule has 0 aromatic carbocycles. The Morgan fingerprint density at radius 3 is 2.61 bits per heavy atom. The van der Waals surface area contributed by atoms with Gasteiger partial charge >= 0.3 is 0 Å². The van der Waals surface area contributed by atoms with Crippen LogP contribution in [0.5, 0.6) is 0 Å². The number of aromatic nitrogens is 2. The summed E-state index contributed by atoms with van der Waals surface area (Å²) in [6.07, 6.45) is 7.60. The molecule has 0 aliphatic carbocycles. The van der Waals surface area contributed by atoms with Crippen molar-refractivity contribution in [2.24, 2.45) is 4.99 Å². The normalized spacial score (nSPS) is 23.8. The number of thiophene rings is 1. The molecule has 5 nitrogen and oxygen atoms in total. The fraction of sp³-hybridized carbons (Fsp3) is 0.667. The van der Waals surface area contributed by atoms with E-state index >= 15 is 0 Å². The van der Waals surface area contributed by atoms with Crippen LogP contribution in [-0.4, -0.2) is 57.5 Å². The van der Waals surface area contributed by atoms with Gasteiger partial charge in [0.05, 0.1) is 11.9 Å². The summed E-state index contributed by atoms with van der Waals surface area (Å²) in [7, 11) is 0. The van der Waals surface area contributed by atoms with Crippen LogP contribution in [0.2, 0.25) is 0 Å². The molecule has 1 saturated heterocycles. The van der Waals surface area contributed by atoms with Crippen LogP contribution in [0, 0.1) is 0 Å². The number of hydrogen-bond acceptors (Lipinski definition) is 7. The highest BCUT2D eigenvalue weighted by Crippen LogP contribution is 2.37. The van der Waals surface area contributed by atoms with E-state index in [2.05, 4.69) is 41.6 Å². The fourth-order valence-electron chi connectivity index (χ4n) is 3.86. The van der Waals surface area contributed by atoms with Crippen LogP contribution in [0.1, 0.15) is 51.3 Å². The van der Waals surface area contributed by atoms with Crippen LogP contribution in [0.25, 0.3) is 10.2 Å². The van der Waals surface area contributed by atoms with Crippen molar-refractivity contribution in [1.82, 2.24) is 14.9 Å². The summed E-state index contributed by atoms with van der Waals surface area (Å²) in [6, 6.07) is 2.32. The Morgan fingerprint density at radius 1 is 1.07 bits per heavy atom. The molecule has 28 heavy (non-hydrogen) atoms. The Bertz CT molecular complexity index is 848. The van der Waals surface area contributed by atoms with Crippen LogP contribution < -0.4 is 4.90 Å². The lowest BCUT2D eigenvalue weighted by atomic mass is 10.1. The maximum atomic E-state index is 4.89. The molecule has 152 valence electrons. The number of rotatable bonds is 4. The maximum absolute atomic E-state index is 4.89. The Kier molecular flexibility index (Phi) is 6.11. The third kappa shape index (κ3) is 4.15. The predicted octanol–water partition coefficient (Wildman–Crippen LogP) is 4.82. The van der Waals surface area contributed by atoms with Gasteiger partial charge in [0, 0.05) is 35.8 Å². The average molecular weight is 418 g/mol. The zero-order valence-corrected chi connectivity index (χ0v) is 18.9. The molecule has 2 aromatic rings. The predicted molar refractivity (Wildman–Crippen MR) is 123 cm³/mol. The van der Waals surface area contributed by atoms with Gasteiger partial charge in [-0.15, -0.1) is 11.3 Å². The highest BCUT2D eigenvalue weighted by Gasteiger charge is 2.33. The zero-order chi connectivity index (χ0) is 19.6. The molecule has 4 heterocycles. The molecule has 0 N–H and O–H groups in total. The topological polar surface area (TPSA) is 44.6 Å². The Balaban J connectivity index is 1.51. The zero-order valence-electron chi connectivity index (χ0n) is 17.3. The summed E-state index contributed by atoms with van der Waals surface area (Å²) in [6.45, 7) is 12.0. The quantitative estimate of drug-likeness (QED) is 0.714. The van der Waals surface area contributed by atoms with E-state index in [1.54, 1.807) is 6.33 Å². The maximum Gasteiger partial charge on any atom is 0.159 e. The summed E-state index contributed by atoms with van der Waals surface area (Å²) in [5.74, 6) is 1.12. The molecule has 2 aliphatic heterocycles. The van der Waals surface area contributed by atoms with Gasteiger partial charge < -0.3 is 9.80 Å². The fourth-order valence-corrected chi connectivity index (χ4v) is 6.10. The van der Waals surface area contributed by atoms with Crippen molar-refractivity contribution in [2.75, 3.05) is 37.6 Å². The summed E-state index contributed by atoms with van der Waals surface area (Å²) >= 11 is 3.80. The number of amidine groups is 1. The van der Waals surface area contributed by atoms with Crippen LogP contribution in [0.4, 0.5) is 5.82 Å². The summed E-state index contributed by atoms with van der Waals surface area (Å²) in [5, 5.41) is 2.48. The smallest absolute Gasteiger partial charge is 0.159 e. The molecule has 2 aliphatic rings. The highest BCUT2D eigenvalue weighted by molar-refractivity contribution is 8.15. The second kappa shape index (κ2) is 8.57. The SMILES string of the molecule is CCCc1cc2c(N3CCCCN(C4=NCC(C)(CC)S4)CC3)ncnc2s1. The van der Waals surface area contributed by atoms with Gasteiger partial charge in [-0.3, -0.25) is 4.99 Å². The number of thioether (sulfide) groups is 1. The van der Waals surface area contributed by atoms with E-state index in [0.717, 1.165) is 49.8 Å². The van der Waals surface area contributed by atoms with Gasteiger partial charge in [-0.25, -0.2) is 9.97 Å². The van der Waals surface area contributed by atoms with Crippen LogP contribution in [-0.2, 0) is 6.42 Å². The van der Waals surface area contributed by atoms with Crippen molar-refractivity contribution in [3.63, 3.8) is 0 Å². The molecule has 2 aromatic heterocycles. The number of aliphatic imine (C=N–C) groups is 1. The van der Waals surface area contributed by atoms with E-state index in [4.69, 9.17) is 9.98 Å². The Labute approximate surface area is 176 Å². The number of aryl methyl sites for hydroxylation is 1. The first-order chi connectivity index (χ1) is 13.6. The molecule has 0 amide bonds. The molecule has 0 bridgehead atoms. The number of fused-ring (bicyclic) bond motifs is 1. The van der Waals surface area contributed by atoms with Crippen molar-refractivity contribution in [2.45, 2.75) is 57.6 Å². The molecule has 1 atom stereocenters. The molecule has 1 unspecified atom stereocenters. The number of nitrogens with zero attached hydrogens (tertiary/aromatic N) is 5. The minimum Gasteiger partial charge on any atom is -0.354 e. The lowest BCUT2D eigenvalue weighted by Crippen LogP contribution is -2.41. The number of hydrogen-bond donors (Lipinski definition) is 0. The third-order valence-corrected chi connectivity index (χ3v) is 8.39. The van der Waals surface area contributed by atoms with Crippen molar-refractivity contribution in [3.05, 3.63) is 17.3 Å². The highest BCUT2D eigenvalue weighted by atomic mass is 32.2.